The van der Waals surface area contributed by atoms with Crippen LogP contribution < -0.4 is 0 Å². The van der Waals surface area contributed by atoms with E-state index in [1.54, 1.807) is 0 Å². The van der Waals surface area contributed by atoms with Gasteiger partial charge in [0.1, 0.15) is 10.6 Å². The maximum atomic E-state index is 14.0. The first kappa shape index (κ1) is 31.7. The third kappa shape index (κ3) is 5.25. The molecule has 0 bridgehead atoms. The molecule has 2 aromatic carbocycles. The summed E-state index contributed by atoms with van der Waals surface area (Å²) in [6, 6.07) is 5.83. The molecule has 7 nitrogen and oxygen atoms in total. The number of benzene rings is 2. The highest BCUT2D eigenvalue weighted by Gasteiger charge is 2.71. The normalized spacial score (nSPS) is 24.0. The lowest BCUT2D eigenvalue weighted by Crippen LogP contribution is -2.54. The molecule has 1 aliphatic heterocycles. The predicted octanol–water partition coefficient (Wildman–Crippen LogP) is 4.93. The van der Waals surface area contributed by atoms with Crippen molar-refractivity contribution in [1.29, 1.82) is 0 Å². The summed E-state index contributed by atoms with van der Waals surface area (Å²) < 4.78 is 120. The molecular weight excluding hydrogens is 599 g/mol. The lowest BCUT2D eigenvalue weighted by atomic mass is 9.81. The van der Waals surface area contributed by atoms with Crippen LogP contribution in [-0.4, -0.2) is 60.8 Å². The number of alkyl halides is 6. The van der Waals surface area contributed by atoms with E-state index in [-0.39, 0.29) is 49.1 Å². The Morgan fingerprint density at radius 1 is 0.833 bits per heavy atom. The van der Waals surface area contributed by atoms with E-state index < -0.39 is 74.2 Å². The maximum Gasteiger partial charge on any atom is 0.430 e. The summed E-state index contributed by atoms with van der Waals surface area (Å²) in [7, 11) is -4.54. The van der Waals surface area contributed by atoms with Gasteiger partial charge >= 0.3 is 18.3 Å². The smallest absolute Gasteiger partial charge is 0.430 e. The molecule has 2 fully saturated rings. The zero-order chi connectivity index (χ0) is 31.3. The number of rotatable bonds is 6. The van der Waals surface area contributed by atoms with Crippen molar-refractivity contribution in [2.24, 2.45) is 11.8 Å². The molecule has 1 heterocycles. The van der Waals surface area contributed by atoms with E-state index in [4.69, 9.17) is 0 Å². The summed E-state index contributed by atoms with van der Waals surface area (Å²) in [5.41, 5.74) is -7.04. The summed E-state index contributed by atoms with van der Waals surface area (Å²) in [5.74, 6) is -3.41. The summed E-state index contributed by atoms with van der Waals surface area (Å²) in [5, 5.41) is 19.0. The van der Waals surface area contributed by atoms with Crippen LogP contribution in [0.1, 0.15) is 43.2 Å². The van der Waals surface area contributed by atoms with Gasteiger partial charge in [-0.3, -0.25) is 9.59 Å². The molecule has 15 heteroatoms. The quantitative estimate of drug-likeness (QED) is 0.348. The molecule has 2 N–H and O–H groups in total. The number of amides is 1. The minimum Gasteiger partial charge on any atom is -0.481 e. The average Bonchev–Trinajstić information content (AvgIpc) is 3.39. The number of carbonyl (C=O) groups excluding carboxylic acids is 1. The molecule has 0 spiro atoms. The first-order chi connectivity index (χ1) is 19.3. The molecular formula is C27H26F7NO6S. The number of halogens is 7. The molecule has 2 aromatic rings. The number of hydrogen-bond acceptors (Lipinski definition) is 5. The van der Waals surface area contributed by atoms with E-state index in [0.717, 1.165) is 36.4 Å². The van der Waals surface area contributed by atoms with Crippen LogP contribution in [0.5, 0.6) is 0 Å². The standard InChI is InChI=1S/C27H26F7NO6S/c28-20-9-11-21(12-10-20)42(40,41)24(13-14-35(15-24)22(36)16-1-3-17(4-2-16)23(37)38)18-5-7-19(8-6-18)25(39,26(29,30)31)27(32,33)34/h5-12,16-17,39H,1-4,13-15H2,(H,37,38)/t16?,17?,24-/m0/s1. The predicted molar refractivity (Wildman–Crippen MR) is 132 cm³/mol. The monoisotopic (exact) mass is 625 g/mol. The van der Waals surface area contributed by atoms with Crippen LogP contribution in [0.2, 0.25) is 0 Å². The molecule has 1 saturated carbocycles. The van der Waals surface area contributed by atoms with Crippen molar-refractivity contribution in [2.75, 3.05) is 13.1 Å². The molecule has 0 aromatic heterocycles. The minimum absolute atomic E-state index is 0.130. The maximum absolute atomic E-state index is 14.0. The molecule has 0 unspecified atom stereocenters. The van der Waals surface area contributed by atoms with E-state index >= 15 is 0 Å². The van der Waals surface area contributed by atoms with Gasteiger partial charge in [0.25, 0.3) is 5.60 Å². The van der Waals surface area contributed by atoms with Crippen molar-refractivity contribution in [3.05, 3.63) is 65.5 Å². The lowest BCUT2D eigenvalue weighted by molar-refractivity contribution is -0.376. The second kappa shape index (κ2) is 10.8. The first-order valence-electron chi connectivity index (χ1n) is 12.8. The lowest BCUT2D eigenvalue weighted by Gasteiger charge is -2.34. The van der Waals surface area contributed by atoms with Crippen LogP contribution in [0, 0.1) is 17.7 Å². The van der Waals surface area contributed by atoms with Crippen molar-refractivity contribution in [2.45, 2.75) is 59.7 Å². The van der Waals surface area contributed by atoms with E-state index in [1.807, 2.05) is 0 Å². The van der Waals surface area contributed by atoms with E-state index in [9.17, 15) is 59.0 Å². The van der Waals surface area contributed by atoms with E-state index in [1.165, 1.54) is 4.90 Å². The van der Waals surface area contributed by atoms with Gasteiger partial charge in [-0.2, -0.15) is 26.3 Å². The number of carboxylic acid groups (broad SMARTS) is 1. The van der Waals surface area contributed by atoms with Gasteiger partial charge in [0.2, 0.25) is 5.91 Å². The molecule has 4 rings (SSSR count). The van der Waals surface area contributed by atoms with Gasteiger partial charge in [-0.1, -0.05) is 24.3 Å². The number of aliphatic carboxylic acids is 1. The molecule has 2 aliphatic rings. The van der Waals surface area contributed by atoms with Crippen molar-refractivity contribution < 1.29 is 59.0 Å². The molecule has 1 amide bonds. The van der Waals surface area contributed by atoms with Crippen LogP contribution in [0.3, 0.4) is 0 Å². The Balaban J connectivity index is 1.74. The Morgan fingerprint density at radius 2 is 1.33 bits per heavy atom. The zero-order valence-electron chi connectivity index (χ0n) is 21.8. The van der Waals surface area contributed by atoms with Gasteiger partial charge in [0.15, 0.2) is 9.84 Å². The number of carbonyl (C=O) groups is 2. The van der Waals surface area contributed by atoms with Crippen molar-refractivity contribution in [3.8, 4) is 0 Å². The summed E-state index contributed by atoms with van der Waals surface area (Å²) in [6.07, 6.45) is -11.6. The number of sulfone groups is 1. The average molecular weight is 626 g/mol. The fraction of sp³-hybridized carbons (Fsp3) is 0.481. The Kier molecular flexibility index (Phi) is 8.17. The molecule has 1 atom stereocenters. The minimum atomic E-state index is -6.15. The fourth-order valence-corrected chi connectivity index (χ4v) is 7.85. The second-order valence-corrected chi connectivity index (χ2v) is 12.9. The Labute approximate surface area is 235 Å². The number of hydrogen-bond donors (Lipinski definition) is 2. The van der Waals surface area contributed by atoms with Gasteiger partial charge < -0.3 is 15.1 Å². The van der Waals surface area contributed by atoms with Crippen molar-refractivity contribution in [3.63, 3.8) is 0 Å². The van der Waals surface area contributed by atoms with Crippen LogP contribution in [0.25, 0.3) is 0 Å². The molecule has 230 valence electrons. The highest BCUT2D eigenvalue weighted by atomic mass is 32.2. The van der Waals surface area contributed by atoms with Crippen molar-refractivity contribution >= 4 is 21.7 Å². The third-order valence-electron chi connectivity index (χ3n) is 8.26. The van der Waals surface area contributed by atoms with Crippen molar-refractivity contribution in [1.82, 2.24) is 4.90 Å². The zero-order valence-corrected chi connectivity index (χ0v) is 22.6. The highest BCUT2D eigenvalue weighted by Crippen LogP contribution is 2.51. The fourth-order valence-electron chi connectivity index (χ4n) is 5.77. The Bertz CT molecular complexity index is 1420. The summed E-state index contributed by atoms with van der Waals surface area (Å²) >= 11 is 0. The van der Waals surface area contributed by atoms with Gasteiger partial charge in [-0.25, -0.2) is 12.8 Å². The Morgan fingerprint density at radius 3 is 1.81 bits per heavy atom. The van der Waals surface area contributed by atoms with Gasteiger partial charge in [-0.05, 0) is 61.9 Å². The number of aliphatic hydroxyl groups is 1. The number of likely N-dealkylation sites (tertiary alicyclic amines) is 1. The van der Waals surface area contributed by atoms with Crippen LogP contribution in [0.4, 0.5) is 30.7 Å². The van der Waals surface area contributed by atoms with E-state index in [2.05, 4.69) is 0 Å². The van der Waals surface area contributed by atoms with Gasteiger partial charge in [0.05, 0.1) is 10.8 Å². The highest BCUT2D eigenvalue weighted by molar-refractivity contribution is 7.92. The first-order valence-corrected chi connectivity index (χ1v) is 14.3. The molecule has 0 radical (unpaired) electrons. The Hall–Kier alpha value is -3.20. The molecule has 42 heavy (non-hydrogen) atoms. The molecule has 1 aliphatic carbocycles. The topological polar surface area (TPSA) is 112 Å². The summed E-state index contributed by atoms with van der Waals surface area (Å²) in [6.45, 7) is -0.637. The number of nitrogens with zero attached hydrogens (tertiary/aromatic N) is 1. The largest absolute Gasteiger partial charge is 0.481 e. The van der Waals surface area contributed by atoms with E-state index in [0.29, 0.717) is 12.1 Å². The second-order valence-electron chi connectivity index (χ2n) is 10.6. The van der Waals surface area contributed by atoms with Gasteiger partial charge in [-0.15, -0.1) is 0 Å². The molecule has 1 saturated heterocycles. The third-order valence-corrected chi connectivity index (χ3v) is 10.7. The number of carboxylic acids is 1. The van der Waals surface area contributed by atoms with Crippen LogP contribution in [-0.2, 0) is 29.8 Å². The summed E-state index contributed by atoms with van der Waals surface area (Å²) in [4.78, 5) is 25.5. The van der Waals surface area contributed by atoms with Crippen LogP contribution >= 0.6 is 0 Å². The van der Waals surface area contributed by atoms with Crippen LogP contribution in [0.15, 0.2) is 53.4 Å². The van der Waals surface area contributed by atoms with Gasteiger partial charge in [0, 0.05) is 24.6 Å². The SMILES string of the molecule is O=C(O)C1CCC(C(=O)N2CC[C@](c3ccc(C(O)(C(F)(F)F)C(F)(F)F)cc3)(S(=O)(=O)c3ccc(F)cc3)C2)CC1.